The van der Waals surface area contributed by atoms with Crippen molar-refractivity contribution in [2.24, 2.45) is 0 Å². The third-order valence-electron chi connectivity index (χ3n) is 4.82. The van der Waals surface area contributed by atoms with E-state index < -0.39 is 15.7 Å². The third kappa shape index (κ3) is 5.01. The molecule has 0 spiro atoms. The Morgan fingerprint density at radius 1 is 1.06 bits per heavy atom. The molecule has 0 bridgehead atoms. The van der Waals surface area contributed by atoms with Gasteiger partial charge in [-0.2, -0.15) is 5.10 Å². The Balaban J connectivity index is 1.40. The summed E-state index contributed by atoms with van der Waals surface area (Å²) in [4.78, 5) is 12.5. The zero-order valence-corrected chi connectivity index (χ0v) is 19.1. The Labute approximate surface area is 195 Å². The highest BCUT2D eigenvalue weighted by Gasteiger charge is 2.21. The first-order chi connectivity index (χ1) is 15.3. The molecule has 1 aliphatic rings. The standard InChI is InChI=1S/C21H19Cl2N3O5S/c22-16-2-1-3-17(23)15(16)13-26-20(6-8-24-26)25-21(27)7-11-32(28,29)14-4-5-18-19(12-14)31-10-9-30-18/h1-6,8,12H,7,9-11,13H2,(H,25,27). The largest absolute Gasteiger partial charge is 0.486 e. The maximum atomic E-state index is 12.7. The Morgan fingerprint density at radius 2 is 1.78 bits per heavy atom. The number of halogens is 2. The Kier molecular flexibility index (Phi) is 6.59. The average molecular weight is 496 g/mol. The number of benzene rings is 2. The van der Waals surface area contributed by atoms with E-state index in [1.54, 1.807) is 30.3 Å². The number of sulfone groups is 1. The monoisotopic (exact) mass is 495 g/mol. The number of carbonyl (C=O) groups is 1. The van der Waals surface area contributed by atoms with Crippen molar-refractivity contribution < 1.29 is 22.7 Å². The summed E-state index contributed by atoms with van der Waals surface area (Å²) in [5, 5.41) is 7.84. The van der Waals surface area contributed by atoms with Crippen molar-refractivity contribution in [1.82, 2.24) is 9.78 Å². The van der Waals surface area contributed by atoms with Gasteiger partial charge in [-0.1, -0.05) is 29.3 Å². The molecule has 1 amide bonds. The molecule has 0 aliphatic carbocycles. The van der Waals surface area contributed by atoms with Crippen LogP contribution >= 0.6 is 23.2 Å². The van der Waals surface area contributed by atoms with Gasteiger partial charge in [0.05, 0.1) is 23.4 Å². The van der Waals surface area contributed by atoms with Crippen LogP contribution in [0.2, 0.25) is 10.0 Å². The number of anilines is 1. The summed E-state index contributed by atoms with van der Waals surface area (Å²) < 4.78 is 37.7. The fourth-order valence-corrected chi connectivity index (χ4v) is 4.93. The van der Waals surface area contributed by atoms with E-state index in [1.807, 2.05) is 0 Å². The number of hydrogen-bond donors (Lipinski definition) is 1. The highest BCUT2D eigenvalue weighted by Crippen LogP contribution is 2.32. The van der Waals surface area contributed by atoms with Crippen LogP contribution in [0, 0.1) is 0 Å². The number of hydrogen-bond acceptors (Lipinski definition) is 6. The van der Waals surface area contributed by atoms with Gasteiger partial charge in [0, 0.05) is 34.2 Å². The van der Waals surface area contributed by atoms with Gasteiger partial charge in [0.25, 0.3) is 0 Å². The molecule has 1 aliphatic heterocycles. The Bertz CT molecular complexity index is 1240. The molecule has 0 saturated carbocycles. The van der Waals surface area contributed by atoms with Crippen molar-refractivity contribution in [3.8, 4) is 11.5 Å². The number of amides is 1. The topological polar surface area (TPSA) is 99.5 Å². The van der Waals surface area contributed by atoms with Gasteiger partial charge in [0.15, 0.2) is 21.3 Å². The normalized spacial score (nSPS) is 13.1. The fraction of sp³-hybridized carbons (Fsp3) is 0.238. The molecule has 0 unspecified atom stereocenters. The highest BCUT2D eigenvalue weighted by atomic mass is 35.5. The minimum absolute atomic E-state index is 0.0768. The molecule has 0 fully saturated rings. The minimum Gasteiger partial charge on any atom is -0.486 e. The van der Waals surface area contributed by atoms with E-state index >= 15 is 0 Å². The number of fused-ring (bicyclic) bond motifs is 1. The second kappa shape index (κ2) is 9.40. The lowest BCUT2D eigenvalue weighted by Crippen LogP contribution is -2.20. The maximum absolute atomic E-state index is 12.7. The van der Waals surface area contributed by atoms with Crippen molar-refractivity contribution in [1.29, 1.82) is 0 Å². The van der Waals surface area contributed by atoms with E-state index in [0.29, 0.717) is 46.1 Å². The highest BCUT2D eigenvalue weighted by molar-refractivity contribution is 7.91. The minimum atomic E-state index is -3.69. The van der Waals surface area contributed by atoms with E-state index in [1.165, 1.54) is 23.0 Å². The van der Waals surface area contributed by atoms with Crippen molar-refractivity contribution in [3.63, 3.8) is 0 Å². The summed E-state index contributed by atoms with van der Waals surface area (Å²) in [6, 6.07) is 11.2. The summed E-state index contributed by atoms with van der Waals surface area (Å²) in [5.74, 6) is 0.466. The molecule has 11 heteroatoms. The van der Waals surface area contributed by atoms with Crippen molar-refractivity contribution >= 4 is 44.8 Å². The lowest BCUT2D eigenvalue weighted by Gasteiger charge is -2.18. The van der Waals surface area contributed by atoms with Gasteiger partial charge >= 0.3 is 0 Å². The van der Waals surface area contributed by atoms with Gasteiger partial charge in [-0.3, -0.25) is 4.79 Å². The van der Waals surface area contributed by atoms with Crippen LogP contribution in [-0.4, -0.2) is 43.1 Å². The number of ether oxygens (including phenoxy) is 2. The van der Waals surface area contributed by atoms with Gasteiger partial charge in [0.2, 0.25) is 5.91 Å². The molecular formula is C21H19Cl2N3O5S. The van der Waals surface area contributed by atoms with Crippen molar-refractivity contribution in [2.75, 3.05) is 24.3 Å². The summed E-state index contributed by atoms with van der Waals surface area (Å²) in [6.45, 7) is 1.02. The molecule has 4 rings (SSSR count). The second-order valence-corrected chi connectivity index (χ2v) is 9.92. The number of carbonyl (C=O) groups excluding carboxylic acids is 1. The lowest BCUT2D eigenvalue weighted by molar-refractivity contribution is -0.115. The Morgan fingerprint density at radius 3 is 2.53 bits per heavy atom. The fourth-order valence-electron chi connectivity index (χ4n) is 3.17. The Hall–Kier alpha value is -2.75. The first-order valence-corrected chi connectivity index (χ1v) is 12.1. The van der Waals surface area contributed by atoms with Gasteiger partial charge < -0.3 is 14.8 Å². The zero-order chi connectivity index (χ0) is 22.7. The molecule has 0 atom stereocenters. The number of nitrogens with one attached hydrogen (secondary N) is 1. The molecule has 2 aromatic carbocycles. The smallest absolute Gasteiger partial charge is 0.226 e. The first-order valence-electron chi connectivity index (χ1n) is 9.70. The predicted molar refractivity (Wildman–Crippen MR) is 121 cm³/mol. The summed E-state index contributed by atoms with van der Waals surface area (Å²) in [5.41, 5.74) is 0.663. The van der Waals surface area contributed by atoms with Crippen LogP contribution in [0.25, 0.3) is 0 Å². The second-order valence-electron chi connectivity index (χ2n) is 7.00. The molecule has 1 N–H and O–H groups in total. The van der Waals surface area contributed by atoms with E-state index in [0.717, 1.165) is 0 Å². The zero-order valence-electron chi connectivity index (χ0n) is 16.8. The van der Waals surface area contributed by atoms with Crippen molar-refractivity contribution in [3.05, 3.63) is 64.3 Å². The molecule has 168 valence electrons. The predicted octanol–water partition coefficient (Wildman–Crippen LogP) is 3.81. The summed E-state index contributed by atoms with van der Waals surface area (Å²) in [6.07, 6.45) is 1.29. The molecule has 8 nitrogen and oxygen atoms in total. The van der Waals surface area contributed by atoms with Crippen LogP contribution < -0.4 is 14.8 Å². The van der Waals surface area contributed by atoms with Crippen LogP contribution in [0.15, 0.2) is 53.6 Å². The van der Waals surface area contributed by atoms with Crippen molar-refractivity contribution in [2.45, 2.75) is 17.9 Å². The lowest BCUT2D eigenvalue weighted by atomic mass is 10.2. The number of rotatable bonds is 7. The van der Waals surface area contributed by atoms with Crippen LogP contribution in [0.5, 0.6) is 11.5 Å². The number of nitrogens with zero attached hydrogens (tertiary/aromatic N) is 2. The van der Waals surface area contributed by atoms with Gasteiger partial charge in [0.1, 0.15) is 19.0 Å². The summed E-state index contributed by atoms with van der Waals surface area (Å²) >= 11 is 12.4. The quantitative estimate of drug-likeness (QED) is 0.534. The van der Waals surface area contributed by atoms with Crippen LogP contribution in [0.3, 0.4) is 0 Å². The van der Waals surface area contributed by atoms with Gasteiger partial charge in [-0.15, -0.1) is 0 Å². The molecule has 0 saturated heterocycles. The third-order valence-corrected chi connectivity index (χ3v) is 7.25. The first kappa shape index (κ1) is 22.4. The van der Waals surface area contributed by atoms with Gasteiger partial charge in [-0.05, 0) is 24.3 Å². The molecule has 2 heterocycles. The molecule has 32 heavy (non-hydrogen) atoms. The van der Waals surface area contributed by atoms with E-state index in [4.69, 9.17) is 32.7 Å². The molecule has 1 aromatic heterocycles. The number of aromatic nitrogens is 2. The van der Waals surface area contributed by atoms with E-state index in [-0.39, 0.29) is 23.6 Å². The average Bonchev–Trinajstić information content (AvgIpc) is 3.21. The summed E-state index contributed by atoms with van der Waals surface area (Å²) in [7, 11) is -3.69. The molecule has 0 radical (unpaired) electrons. The molecule has 3 aromatic rings. The van der Waals surface area contributed by atoms with Crippen LogP contribution in [0.4, 0.5) is 5.82 Å². The van der Waals surface area contributed by atoms with Gasteiger partial charge in [-0.25, -0.2) is 13.1 Å². The maximum Gasteiger partial charge on any atom is 0.226 e. The van der Waals surface area contributed by atoms with E-state index in [9.17, 15) is 13.2 Å². The van der Waals surface area contributed by atoms with E-state index in [2.05, 4.69) is 10.4 Å². The van der Waals surface area contributed by atoms with Crippen LogP contribution in [0.1, 0.15) is 12.0 Å². The van der Waals surface area contributed by atoms with Crippen LogP contribution in [-0.2, 0) is 21.2 Å². The SMILES string of the molecule is O=C(CCS(=O)(=O)c1ccc2c(c1)OCCO2)Nc1ccnn1Cc1c(Cl)cccc1Cl. The molecular weight excluding hydrogens is 477 g/mol.